The lowest BCUT2D eigenvalue weighted by molar-refractivity contribution is -0.123. The van der Waals surface area contributed by atoms with Crippen molar-refractivity contribution in [3.63, 3.8) is 0 Å². The molecule has 2 rings (SSSR count). The number of carbonyl (C=O) groups is 1. The van der Waals surface area contributed by atoms with Crippen molar-refractivity contribution in [1.29, 1.82) is 0 Å². The van der Waals surface area contributed by atoms with Crippen LogP contribution in [-0.2, 0) is 17.9 Å². The van der Waals surface area contributed by atoms with E-state index in [1.807, 2.05) is 13.8 Å². The third kappa shape index (κ3) is 6.25. The summed E-state index contributed by atoms with van der Waals surface area (Å²) in [5.41, 5.74) is 2.42. The molecule has 0 radical (unpaired) electrons. The highest BCUT2D eigenvalue weighted by Crippen LogP contribution is 2.18. The maximum Gasteiger partial charge on any atom is 0.222 e. The van der Waals surface area contributed by atoms with Gasteiger partial charge in [-0.3, -0.25) is 9.69 Å². The molecule has 0 saturated carbocycles. The number of rotatable bonds is 7. The van der Waals surface area contributed by atoms with Gasteiger partial charge in [-0.1, -0.05) is 45.0 Å². The van der Waals surface area contributed by atoms with E-state index in [1.54, 1.807) is 0 Å². The second kappa shape index (κ2) is 9.19. The van der Waals surface area contributed by atoms with E-state index in [9.17, 15) is 9.90 Å². The van der Waals surface area contributed by atoms with Crippen LogP contribution in [0.3, 0.4) is 0 Å². The van der Waals surface area contributed by atoms with Gasteiger partial charge in [-0.25, -0.2) is 0 Å². The van der Waals surface area contributed by atoms with Gasteiger partial charge in [0.1, 0.15) is 0 Å². The van der Waals surface area contributed by atoms with Gasteiger partial charge in [0, 0.05) is 19.6 Å². The van der Waals surface area contributed by atoms with Gasteiger partial charge in [0.25, 0.3) is 0 Å². The second-order valence-electron chi connectivity index (χ2n) is 7.59. The molecule has 1 aliphatic heterocycles. The van der Waals surface area contributed by atoms with E-state index in [0.717, 1.165) is 18.0 Å². The Morgan fingerprint density at radius 2 is 1.96 bits per heavy atom. The van der Waals surface area contributed by atoms with Crippen LogP contribution in [0.5, 0.6) is 0 Å². The maximum absolute atomic E-state index is 11.8. The molecule has 2 N–H and O–H groups in total. The molecule has 0 bridgehead atoms. The van der Waals surface area contributed by atoms with Gasteiger partial charge in [0.15, 0.2) is 0 Å². The van der Waals surface area contributed by atoms with Crippen molar-refractivity contribution in [2.24, 2.45) is 11.8 Å². The third-order valence-corrected chi connectivity index (χ3v) is 4.82. The Kier molecular flexibility index (Phi) is 7.25. The van der Waals surface area contributed by atoms with E-state index in [4.69, 9.17) is 0 Å². The molecule has 1 aliphatic rings. The van der Waals surface area contributed by atoms with Crippen molar-refractivity contribution in [1.82, 2.24) is 10.2 Å². The highest BCUT2D eigenvalue weighted by Gasteiger charge is 2.16. The molecular weight excluding hydrogens is 300 g/mol. The number of piperidine rings is 1. The largest absolute Gasteiger partial charge is 0.392 e. The number of aliphatic hydroxyl groups excluding tert-OH is 1. The van der Waals surface area contributed by atoms with Crippen LogP contribution < -0.4 is 5.32 Å². The number of hydrogen-bond acceptors (Lipinski definition) is 3. The minimum Gasteiger partial charge on any atom is -0.392 e. The zero-order valence-electron chi connectivity index (χ0n) is 15.3. The van der Waals surface area contributed by atoms with E-state index in [2.05, 4.69) is 41.4 Å². The molecule has 24 heavy (non-hydrogen) atoms. The zero-order valence-corrected chi connectivity index (χ0v) is 15.3. The Morgan fingerprint density at radius 3 is 2.58 bits per heavy atom. The molecule has 1 saturated heterocycles. The summed E-state index contributed by atoms with van der Waals surface area (Å²) < 4.78 is 0. The molecule has 0 aromatic heterocycles. The Balaban J connectivity index is 1.76. The fourth-order valence-electron chi connectivity index (χ4n) is 3.15. The van der Waals surface area contributed by atoms with E-state index in [1.165, 1.54) is 31.5 Å². The first kappa shape index (κ1) is 18.9. The number of likely N-dealkylation sites (tertiary alicyclic amines) is 1. The summed E-state index contributed by atoms with van der Waals surface area (Å²) in [5.74, 6) is 0.810. The lowest BCUT2D eigenvalue weighted by atomic mass is 9.99. The van der Waals surface area contributed by atoms with Crippen LogP contribution in [0.4, 0.5) is 0 Å². The van der Waals surface area contributed by atoms with Gasteiger partial charge < -0.3 is 10.4 Å². The van der Waals surface area contributed by atoms with Gasteiger partial charge in [0.05, 0.1) is 12.5 Å². The number of amides is 1. The summed E-state index contributed by atoms with van der Waals surface area (Å²) in [7, 11) is 0. The molecular formula is C20H32N2O2. The lowest BCUT2D eigenvalue weighted by Gasteiger charge is -2.30. The van der Waals surface area contributed by atoms with Gasteiger partial charge in [-0.05, 0) is 42.3 Å². The van der Waals surface area contributed by atoms with Crippen LogP contribution in [0.2, 0.25) is 0 Å². The number of nitrogens with one attached hydrogen (secondary N) is 1. The Morgan fingerprint density at radius 1 is 1.29 bits per heavy atom. The second-order valence-corrected chi connectivity index (χ2v) is 7.59. The highest BCUT2D eigenvalue weighted by molar-refractivity contribution is 5.76. The molecule has 4 heteroatoms. The molecule has 1 fully saturated rings. The summed E-state index contributed by atoms with van der Waals surface area (Å²) in [6.07, 6.45) is 2.25. The molecule has 1 heterocycles. The summed E-state index contributed by atoms with van der Waals surface area (Å²) >= 11 is 0. The first-order chi connectivity index (χ1) is 11.4. The molecule has 1 aromatic rings. The van der Waals surface area contributed by atoms with E-state index >= 15 is 0 Å². The van der Waals surface area contributed by atoms with Crippen molar-refractivity contribution < 1.29 is 9.90 Å². The number of hydrogen-bond donors (Lipinski definition) is 2. The standard InChI is InChI=1S/C20H32N2O2/c1-15(2)19(23)11-20(24)21-12-17-6-8-18(9-7-17)14-22-10-4-5-16(3)13-22/h6-9,15-16,19,23H,4-5,10-14H2,1-3H3,(H,21,24). The molecule has 134 valence electrons. The normalized spacial score (nSPS) is 20.1. The van der Waals surface area contributed by atoms with Crippen molar-refractivity contribution in [2.45, 2.75) is 59.2 Å². The minimum atomic E-state index is -0.570. The monoisotopic (exact) mass is 332 g/mol. The van der Waals surface area contributed by atoms with Gasteiger partial charge in [0.2, 0.25) is 5.91 Å². The molecule has 4 nitrogen and oxygen atoms in total. The van der Waals surface area contributed by atoms with Crippen molar-refractivity contribution in [3.05, 3.63) is 35.4 Å². The third-order valence-electron chi connectivity index (χ3n) is 4.82. The summed E-state index contributed by atoms with van der Waals surface area (Å²) in [6, 6.07) is 8.48. The molecule has 1 aromatic carbocycles. The predicted octanol–water partition coefficient (Wildman–Crippen LogP) is 2.94. The van der Waals surface area contributed by atoms with Crippen LogP contribution in [0.1, 0.15) is 51.2 Å². The van der Waals surface area contributed by atoms with Crippen LogP contribution >= 0.6 is 0 Å². The topological polar surface area (TPSA) is 52.6 Å². The number of carbonyl (C=O) groups excluding carboxylic acids is 1. The summed E-state index contributed by atoms with van der Waals surface area (Å²) in [6.45, 7) is 10.1. The number of nitrogens with zero attached hydrogens (tertiary/aromatic N) is 1. The summed E-state index contributed by atoms with van der Waals surface area (Å²) in [4.78, 5) is 14.3. The lowest BCUT2D eigenvalue weighted by Crippen LogP contribution is -2.33. The van der Waals surface area contributed by atoms with Crippen molar-refractivity contribution in [2.75, 3.05) is 13.1 Å². The minimum absolute atomic E-state index is 0.0948. The molecule has 0 spiro atoms. The van der Waals surface area contributed by atoms with E-state index in [-0.39, 0.29) is 18.2 Å². The fraction of sp³-hybridized carbons (Fsp3) is 0.650. The van der Waals surface area contributed by atoms with Crippen LogP contribution in [-0.4, -0.2) is 35.1 Å². The van der Waals surface area contributed by atoms with Crippen LogP contribution in [0, 0.1) is 11.8 Å². The molecule has 0 aliphatic carbocycles. The van der Waals surface area contributed by atoms with Crippen molar-refractivity contribution >= 4 is 5.91 Å². The predicted molar refractivity (Wildman–Crippen MR) is 97.4 cm³/mol. The Bertz CT molecular complexity index is 513. The van der Waals surface area contributed by atoms with Gasteiger partial charge >= 0.3 is 0 Å². The highest BCUT2D eigenvalue weighted by atomic mass is 16.3. The number of benzene rings is 1. The smallest absolute Gasteiger partial charge is 0.222 e. The van der Waals surface area contributed by atoms with E-state index < -0.39 is 6.10 Å². The van der Waals surface area contributed by atoms with Gasteiger partial charge in [-0.2, -0.15) is 0 Å². The average Bonchev–Trinajstić information content (AvgIpc) is 2.54. The van der Waals surface area contributed by atoms with Crippen molar-refractivity contribution in [3.8, 4) is 0 Å². The van der Waals surface area contributed by atoms with Crippen LogP contribution in [0.15, 0.2) is 24.3 Å². The SMILES string of the molecule is CC1CCCN(Cc2ccc(CNC(=O)CC(O)C(C)C)cc2)C1. The quantitative estimate of drug-likeness (QED) is 0.807. The first-order valence-corrected chi connectivity index (χ1v) is 9.19. The first-order valence-electron chi connectivity index (χ1n) is 9.19. The summed E-state index contributed by atoms with van der Waals surface area (Å²) in [5, 5.41) is 12.6. The maximum atomic E-state index is 11.8. The number of aliphatic hydroxyl groups is 1. The van der Waals surface area contributed by atoms with Crippen LogP contribution in [0.25, 0.3) is 0 Å². The molecule has 1 amide bonds. The Hall–Kier alpha value is -1.39. The molecule has 2 unspecified atom stereocenters. The van der Waals surface area contributed by atoms with E-state index in [0.29, 0.717) is 6.54 Å². The molecule has 2 atom stereocenters. The fourth-order valence-corrected chi connectivity index (χ4v) is 3.15. The average molecular weight is 332 g/mol. The zero-order chi connectivity index (χ0) is 17.5. The van der Waals surface area contributed by atoms with Gasteiger partial charge in [-0.15, -0.1) is 0 Å². The Labute approximate surface area is 146 Å².